The van der Waals surface area contributed by atoms with Gasteiger partial charge in [-0.1, -0.05) is 6.07 Å². The summed E-state index contributed by atoms with van der Waals surface area (Å²) in [6.45, 7) is -0.0575. The van der Waals surface area contributed by atoms with E-state index in [-0.39, 0.29) is 17.9 Å². The van der Waals surface area contributed by atoms with Gasteiger partial charge in [-0.15, -0.1) is 0 Å². The highest BCUT2D eigenvalue weighted by atomic mass is 19.1. The summed E-state index contributed by atoms with van der Waals surface area (Å²) >= 11 is 0. The SMILES string of the molecule is O=C(O)c1ccoc1COc1cccc(F)c1. The van der Waals surface area contributed by atoms with Gasteiger partial charge >= 0.3 is 5.97 Å². The van der Waals surface area contributed by atoms with Crippen LogP contribution in [0.3, 0.4) is 0 Å². The third-order valence-corrected chi connectivity index (χ3v) is 2.14. The lowest BCUT2D eigenvalue weighted by atomic mass is 10.2. The Bertz CT molecular complexity index is 533. The Hall–Kier alpha value is -2.30. The fraction of sp³-hybridized carbons (Fsp3) is 0.0833. The van der Waals surface area contributed by atoms with Gasteiger partial charge in [0.15, 0.2) is 5.76 Å². The van der Waals surface area contributed by atoms with Crippen LogP contribution in [0.25, 0.3) is 0 Å². The van der Waals surface area contributed by atoms with Gasteiger partial charge < -0.3 is 14.3 Å². The molecule has 2 aromatic rings. The quantitative estimate of drug-likeness (QED) is 0.886. The maximum Gasteiger partial charge on any atom is 0.339 e. The molecular weight excluding hydrogens is 227 g/mol. The number of rotatable bonds is 4. The maximum absolute atomic E-state index is 12.8. The Kier molecular flexibility index (Phi) is 3.09. The lowest BCUT2D eigenvalue weighted by molar-refractivity contribution is 0.0692. The molecule has 0 saturated heterocycles. The van der Waals surface area contributed by atoms with Crippen molar-refractivity contribution in [3.8, 4) is 5.75 Å². The fourth-order valence-corrected chi connectivity index (χ4v) is 1.35. The molecule has 0 fully saturated rings. The predicted octanol–water partition coefficient (Wildman–Crippen LogP) is 2.70. The van der Waals surface area contributed by atoms with Crippen molar-refractivity contribution in [2.45, 2.75) is 6.61 Å². The first-order valence-corrected chi connectivity index (χ1v) is 4.85. The van der Waals surface area contributed by atoms with Crippen molar-refractivity contribution in [1.29, 1.82) is 0 Å². The second-order valence-electron chi connectivity index (χ2n) is 3.31. The van der Waals surface area contributed by atoms with E-state index >= 15 is 0 Å². The van der Waals surface area contributed by atoms with Crippen molar-refractivity contribution < 1.29 is 23.4 Å². The number of benzene rings is 1. The molecule has 0 saturated carbocycles. The van der Waals surface area contributed by atoms with Crippen LogP contribution in [-0.2, 0) is 6.61 Å². The molecule has 0 aliphatic rings. The highest BCUT2D eigenvalue weighted by Crippen LogP contribution is 2.16. The van der Waals surface area contributed by atoms with Gasteiger partial charge in [-0.3, -0.25) is 0 Å². The molecule has 1 aromatic carbocycles. The van der Waals surface area contributed by atoms with Gasteiger partial charge in [0.2, 0.25) is 0 Å². The molecule has 0 radical (unpaired) electrons. The third-order valence-electron chi connectivity index (χ3n) is 2.14. The van der Waals surface area contributed by atoms with Crippen LogP contribution in [-0.4, -0.2) is 11.1 Å². The summed E-state index contributed by atoms with van der Waals surface area (Å²) in [5.74, 6) is -0.989. The first kappa shape index (κ1) is 11.2. The molecule has 0 aliphatic carbocycles. The van der Waals surface area contributed by atoms with Crippen LogP contribution in [0, 0.1) is 5.82 Å². The van der Waals surface area contributed by atoms with Gasteiger partial charge in [-0.2, -0.15) is 0 Å². The van der Waals surface area contributed by atoms with Crippen molar-refractivity contribution >= 4 is 5.97 Å². The Morgan fingerprint density at radius 2 is 2.24 bits per heavy atom. The van der Waals surface area contributed by atoms with Gasteiger partial charge in [-0.05, 0) is 18.2 Å². The average Bonchev–Trinajstić information content (AvgIpc) is 2.74. The topological polar surface area (TPSA) is 59.7 Å². The standard InChI is InChI=1S/C12H9FO4/c13-8-2-1-3-9(6-8)17-7-11-10(12(14)15)4-5-16-11/h1-6H,7H2,(H,14,15). The number of carboxylic acid groups (broad SMARTS) is 1. The molecule has 17 heavy (non-hydrogen) atoms. The Labute approximate surface area is 96.2 Å². The first-order valence-electron chi connectivity index (χ1n) is 4.85. The monoisotopic (exact) mass is 236 g/mol. The van der Waals surface area contributed by atoms with Crippen LogP contribution in [0.5, 0.6) is 5.75 Å². The van der Waals surface area contributed by atoms with Crippen molar-refractivity contribution in [1.82, 2.24) is 0 Å². The number of ether oxygens (including phenoxy) is 1. The van der Waals surface area contributed by atoms with Crippen molar-refractivity contribution in [3.05, 3.63) is 53.7 Å². The van der Waals surface area contributed by atoms with E-state index in [1.54, 1.807) is 6.07 Å². The van der Waals surface area contributed by atoms with Crippen LogP contribution in [0.1, 0.15) is 16.1 Å². The molecule has 88 valence electrons. The highest BCUT2D eigenvalue weighted by Gasteiger charge is 2.13. The molecule has 2 rings (SSSR count). The summed E-state index contributed by atoms with van der Waals surface area (Å²) in [7, 11) is 0. The summed E-state index contributed by atoms with van der Waals surface area (Å²) in [5.41, 5.74) is 0.0430. The molecule has 0 unspecified atom stereocenters. The van der Waals surface area contributed by atoms with Gasteiger partial charge in [0.25, 0.3) is 0 Å². The molecule has 0 amide bonds. The number of carbonyl (C=O) groups is 1. The maximum atomic E-state index is 12.8. The van der Waals surface area contributed by atoms with E-state index in [1.165, 1.54) is 30.5 Å². The second-order valence-corrected chi connectivity index (χ2v) is 3.31. The summed E-state index contributed by atoms with van der Waals surface area (Å²) in [5, 5.41) is 8.82. The fourth-order valence-electron chi connectivity index (χ4n) is 1.35. The van der Waals surface area contributed by atoms with Gasteiger partial charge in [0, 0.05) is 6.07 Å². The number of furan rings is 1. The van der Waals surface area contributed by atoms with E-state index in [2.05, 4.69) is 0 Å². The summed E-state index contributed by atoms with van der Waals surface area (Å²) in [6, 6.07) is 6.93. The molecule has 0 atom stereocenters. The van der Waals surface area contributed by atoms with E-state index in [0.717, 1.165) is 0 Å². The van der Waals surface area contributed by atoms with E-state index in [0.29, 0.717) is 5.75 Å². The molecule has 5 heteroatoms. The van der Waals surface area contributed by atoms with Crippen LogP contribution < -0.4 is 4.74 Å². The lowest BCUT2D eigenvalue weighted by Gasteiger charge is -2.04. The summed E-state index contributed by atoms with van der Waals surface area (Å²) in [6.07, 6.45) is 1.27. The van der Waals surface area contributed by atoms with Gasteiger partial charge in [0.1, 0.15) is 23.7 Å². The van der Waals surface area contributed by atoms with Crippen molar-refractivity contribution in [2.24, 2.45) is 0 Å². The van der Waals surface area contributed by atoms with E-state index in [1.807, 2.05) is 0 Å². The zero-order chi connectivity index (χ0) is 12.3. The van der Waals surface area contributed by atoms with Crippen molar-refractivity contribution in [2.75, 3.05) is 0 Å². The molecule has 0 bridgehead atoms. The minimum Gasteiger partial charge on any atom is -0.486 e. The number of hydrogen-bond acceptors (Lipinski definition) is 3. The smallest absolute Gasteiger partial charge is 0.339 e. The molecular formula is C12H9FO4. The number of aromatic carboxylic acids is 1. The minimum atomic E-state index is -1.09. The zero-order valence-electron chi connectivity index (χ0n) is 8.72. The number of carboxylic acids is 1. The molecule has 1 heterocycles. The van der Waals surface area contributed by atoms with Crippen LogP contribution in [0.2, 0.25) is 0 Å². The first-order chi connectivity index (χ1) is 8.16. The molecule has 4 nitrogen and oxygen atoms in total. The predicted molar refractivity (Wildman–Crippen MR) is 56.4 cm³/mol. The summed E-state index contributed by atoms with van der Waals surface area (Å²) < 4.78 is 23.0. The molecule has 1 aromatic heterocycles. The van der Waals surface area contributed by atoms with E-state index in [4.69, 9.17) is 14.3 Å². The van der Waals surface area contributed by atoms with Gasteiger partial charge in [0.05, 0.1) is 6.26 Å². The third kappa shape index (κ3) is 2.63. The van der Waals surface area contributed by atoms with E-state index < -0.39 is 11.8 Å². The second kappa shape index (κ2) is 4.69. The Morgan fingerprint density at radius 3 is 2.94 bits per heavy atom. The summed E-state index contributed by atoms with van der Waals surface area (Å²) in [4.78, 5) is 10.8. The zero-order valence-corrected chi connectivity index (χ0v) is 8.72. The normalized spacial score (nSPS) is 10.2. The molecule has 0 aliphatic heterocycles. The lowest BCUT2D eigenvalue weighted by Crippen LogP contribution is -2.02. The Balaban J connectivity index is 2.07. The largest absolute Gasteiger partial charge is 0.486 e. The van der Waals surface area contributed by atoms with Crippen LogP contribution >= 0.6 is 0 Å². The van der Waals surface area contributed by atoms with E-state index in [9.17, 15) is 9.18 Å². The number of hydrogen-bond donors (Lipinski definition) is 1. The van der Waals surface area contributed by atoms with Crippen LogP contribution in [0.15, 0.2) is 41.0 Å². The Morgan fingerprint density at radius 1 is 1.41 bits per heavy atom. The molecule has 0 spiro atoms. The highest BCUT2D eigenvalue weighted by molar-refractivity contribution is 5.88. The minimum absolute atomic E-state index is 0.0430. The van der Waals surface area contributed by atoms with Crippen molar-refractivity contribution in [3.63, 3.8) is 0 Å². The van der Waals surface area contributed by atoms with Gasteiger partial charge in [-0.25, -0.2) is 9.18 Å². The molecule has 1 N–H and O–H groups in total. The van der Waals surface area contributed by atoms with Crippen LogP contribution in [0.4, 0.5) is 4.39 Å². The number of halogens is 1. The average molecular weight is 236 g/mol.